The van der Waals surface area contributed by atoms with E-state index in [9.17, 15) is 9.59 Å². The third kappa shape index (κ3) is 4.76. The monoisotopic (exact) mass is 349 g/mol. The Balaban J connectivity index is 1.46. The number of hydrogen-bond acceptors (Lipinski definition) is 4. The summed E-state index contributed by atoms with van der Waals surface area (Å²) in [5.41, 5.74) is 3.54. The smallest absolute Gasteiger partial charge is 0.243 e. The van der Waals surface area contributed by atoms with Crippen molar-refractivity contribution in [1.82, 2.24) is 20.1 Å². The average molecular weight is 349 g/mol. The fourth-order valence-corrected chi connectivity index (χ4v) is 2.38. The predicted octanol–water partition coefficient (Wildman–Crippen LogP) is 1.87. The van der Waals surface area contributed by atoms with E-state index in [1.54, 1.807) is 23.1 Å². The van der Waals surface area contributed by atoms with Crippen LogP contribution in [0.1, 0.15) is 11.1 Å². The molecule has 0 fully saturated rings. The molecular weight excluding hydrogens is 330 g/mol. The minimum atomic E-state index is -0.282. The van der Waals surface area contributed by atoms with E-state index in [0.29, 0.717) is 5.69 Å². The van der Waals surface area contributed by atoms with Crippen molar-refractivity contribution < 1.29 is 9.59 Å². The summed E-state index contributed by atoms with van der Waals surface area (Å²) in [7, 11) is 0. The van der Waals surface area contributed by atoms with Crippen LogP contribution in [0.4, 0.5) is 5.69 Å². The van der Waals surface area contributed by atoms with Gasteiger partial charge in [-0.2, -0.15) is 5.10 Å². The second-order valence-electron chi connectivity index (χ2n) is 5.87. The third-order valence-corrected chi connectivity index (χ3v) is 3.77. The van der Waals surface area contributed by atoms with E-state index in [-0.39, 0.29) is 24.8 Å². The fraction of sp³-hybridized carbons (Fsp3) is 0.158. The molecule has 26 heavy (non-hydrogen) atoms. The number of carbonyl (C=O) groups excluding carboxylic acids is 2. The summed E-state index contributed by atoms with van der Waals surface area (Å²) >= 11 is 0. The van der Waals surface area contributed by atoms with Gasteiger partial charge in [0.05, 0.1) is 18.7 Å². The molecule has 3 rings (SSSR count). The van der Waals surface area contributed by atoms with Crippen molar-refractivity contribution in [3.63, 3.8) is 0 Å². The molecule has 2 amide bonds. The molecule has 0 aliphatic rings. The molecule has 7 heteroatoms. The van der Waals surface area contributed by atoms with Crippen molar-refractivity contribution >= 4 is 17.5 Å². The van der Waals surface area contributed by atoms with Gasteiger partial charge < -0.3 is 10.6 Å². The number of anilines is 1. The average Bonchev–Trinajstić information content (AvgIpc) is 3.17. The molecule has 0 bridgehead atoms. The van der Waals surface area contributed by atoms with E-state index in [4.69, 9.17) is 0 Å². The Kier molecular flexibility index (Phi) is 5.38. The van der Waals surface area contributed by atoms with Crippen LogP contribution in [0.25, 0.3) is 5.69 Å². The molecule has 0 aliphatic carbocycles. The van der Waals surface area contributed by atoms with Gasteiger partial charge in [-0.3, -0.25) is 9.59 Å². The Labute approximate surface area is 151 Å². The summed E-state index contributed by atoms with van der Waals surface area (Å²) in [6, 6.07) is 14.9. The first-order chi connectivity index (χ1) is 12.6. The second-order valence-corrected chi connectivity index (χ2v) is 5.87. The van der Waals surface area contributed by atoms with E-state index in [1.165, 1.54) is 6.33 Å². The van der Waals surface area contributed by atoms with Gasteiger partial charge in [0.2, 0.25) is 11.8 Å². The van der Waals surface area contributed by atoms with E-state index in [2.05, 4.69) is 20.7 Å². The summed E-state index contributed by atoms with van der Waals surface area (Å²) in [4.78, 5) is 27.8. The highest BCUT2D eigenvalue weighted by atomic mass is 16.2. The molecule has 0 spiro atoms. The van der Waals surface area contributed by atoms with Crippen LogP contribution in [0.5, 0.6) is 0 Å². The lowest BCUT2D eigenvalue weighted by Gasteiger charge is -2.08. The maximum atomic E-state index is 12.0. The van der Waals surface area contributed by atoms with Crippen LogP contribution in [0.3, 0.4) is 0 Å². The molecule has 7 nitrogen and oxygen atoms in total. The number of rotatable bonds is 6. The van der Waals surface area contributed by atoms with Gasteiger partial charge in [-0.25, -0.2) is 9.67 Å². The highest BCUT2D eigenvalue weighted by Crippen LogP contribution is 2.12. The standard InChI is InChI=1S/C19H19N5O2/c1-14-2-4-15(5-3-14)10-18(25)21-11-19(26)23-16-6-8-17(9-7-16)24-13-20-12-22-24/h2-9,12-13H,10-11H2,1H3,(H,21,25)(H,23,26). The minimum absolute atomic E-state index is 0.0739. The van der Waals surface area contributed by atoms with Crippen LogP contribution in [-0.4, -0.2) is 33.1 Å². The van der Waals surface area contributed by atoms with E-state index < -0.39 is 0 Å². The van der Waals surface area contributed by atoms with Gasteiger partial charge in [0.15, 0.2) is 0 Å². The third-order valence-electron chi connectivity index (χ3n) is 3.77. The molecule has 0 radical (unpaired) electrons. The molecule has 0 saturated heterocycles. The first kappa shape index (κ1) is 17.3. The number of amides is 2. The van der Waals surface area contributed by atoms with Gasteiger partial charge in [-0.1, -0.05) is 29.8 Å². The fourth-order valence-electron chi connectivity index (χ4n) is 2.38. The van der Waals surface area contributed by atoms with Gasteiger partial charge in [-0.15, -0.1) is 0 Å². The van der Waals surface area contributed by atoms with Crippen molar-refractivity contribution in [3.05, 3.63) is 72.3 Å². The Morgan fingerprint density at radius 2 is 1.73 bits per heavy atom. The Morgan fingerprint density at radius 3 is 2.38 bits per heavy atom. The number of nitrogens with one attached hydrogen (secondary N) is 2. The zero-order valence-electron chi connectivity index (χ0n) is 14.3. The highest BCUT2D eigenvalue weighted by Gasteiger charge is 2.07. The number of nitrogens with zero attached hydrogens (tertiary/aromatic N) is 3. The first-order valence-corrected chi connectivity index (χ1v) is 8.17. The normalized spacial score (nSPS) is 10.3. The number of aryl methyl sites for hydroxylation is 1. The van der Waals surface area contributed by atoms with Crippen molar-refractivity contribution in [2.75, 3.05) is 11.9 Å². The summed E-state index contributed by atoms with van der Waals surface area (Å²) in [5, 5.41) is 9.40. The highest BCUT2D eigenvalue weighted by molar-refractivity contribution is 5.94. The summed E-state index contributed by atoms with van der Waals surface area (Å²) < 4.78 is 1.62. The van der Waals surface area contributed by atoms with Crippen LogP contribution in [0.15, 0.2) is 61.2 Å². The van der Waals surface area contributed by atoms with Gasteiger partial charge in [0, 0.05) is 5.69 Å². The molecule has 3 aromatic rings. The largest absolute Gasteiger partial charge is 0.347 e. The Hall–Kier alpha value is -3.48. The maximum Gasteiger partial charge on any atom is 0.243 e. The lowest BCUT2D eigenvalue weighted by atomic mass is 10.1. The molecule has 2 aromatic carbocycles. The van der Waals surface area contributed by atoms with Crippen LogP contribution in [0.2, 0.25) is 0 Å². The zero-order valence-corrected chi connectivity index (χ0v) is 14.3. The molecule has 0 atom stereocenters. The zero-order chi connectivity index (χ0) is 18.4. The first-order valence-electron chi connectivity index (χ1n) is 8.17. The van der Waals surface area contributed by atoms with Crippen molar-refractivity contribution in [2.45, 2.75) is 13.3 Å². The van der Waals surface area contributed by atoms with E-state index >= 15 is 0 Å². The lowest BCUT2D eigenvalue weighted by molar-refractivity contribution is -0.123. The van der Waals surface area contributed by atoms with Crippen LogP contribution in [-0.2, 0) is 16.0 Å². The van der Waals surface area contributed by atoms with Crippen LogP contribution >= 0.6 is 0 Å². The predicted molar refractivity (Wildman–Crippen MR) is 97.9 cm³/mol. The van der Waals surface area contributed by atoms with Gasteiger partial charge >= 0.3 is 0 Å². The minimum Gasteiger partial charge on any atom is -0.347 e. The molecule has 1 heterocycles. The Bertz CT molecular complexity index is 871. The maximum absolute atomic E-state index is 12.0. The molecule has 0 unspecified atom stereocenters. The molecule has 0 aliphatic heterocycles. The molecule has 132 valence electrons. The van der Waals surface area contributed by atoms with Crippen molar-refractivity contribution in [1.29, 1.82) is 0 Å². The quantitative estimate of drug-likeness (QED) is 0.711. The number of hydrogen-bond donors (Lipinski definition) is 2. The molecule has 2 N–H and O–H groups in total. The number of benzene rings is 2. The SMILES string of the molecule is Cc1ccc(CC(=O)NCC(=O)Nc2ccc(-n3cncn3)cc2)cc1. The van der Waals surface area contributed by atoms with Gasteiger partial charge in [-0.05, 0) is 36.8 Å². The lowest BCUT2D eigenvalue weighted by Crippen LogP contribution is -2.33. The number of aromatic nitrogens is 3. The van der Waals surface area contributed by atoms with Crippen LogP contribution in [0, 0.1) is 6.92 Å². The molecule has 0 saturated carbocycles. The summed E-state index contributed by atoms with van der Waals surface area (Å²) in [6.07, 6.45) is 3.30. The molecule has 1 aromatic heterocycles. The summed E-state index contributed by atoms with van der Waals surface area (Å²) in [5.74, 6) is -0.471. The Morgan fingerprint density at radius 1 is 1.00 bits per heavy atom. The van der Waals surface area contributed by atoms with E-state index in [1.807, 2.05) is 43.3 Å². The van der Waals surface area contributed by atoms with E-state index in [0.717, 1.165) is 16.8 Å². The summed E-state index contributed by atoms with van der Waals surface area (Å²) in [6.45, 7) is 1.92. The molecular formula is C19H19N5O2. The van der Waals surface area contributed by atoms with Crippen molar-refractivity contribution in [3.8, 4) is 5.69 Å². The topological polar surface area (TPSA) is 88.9 Å². The van der Waals surface area contributed by atoms with Gasteiger partial charge in [0.25, 0.3) is 0 Å². The van der Waals surface area contributed by atoms with Crippen molar-refractivity contribution in [2.24, 2.45) is 0 Å². The number of carbonyl (C=O) groups is 2. The van der Waals surface area contributed by atoms with Crippen LogP contribution < -0.4 is 10.6 Å². The van der Waals surface area contributed by atoms with Gasteiger partial charge in [0.1, 0.15) is 12.7 Å². The second kappa shape index (κ2) is 8.06.